The maximum Gasteiger partial charge on any atom is 0.255 e. The fourth-order valence-corrected chi connectivity index (χ4v) is 8.53. The largest absolute Gasteiger partial charge is 0.378 e. The molecule has 2 N–H and O–H groups in total. The van der Waals surface area contributed by atoms with Crippen LogP contribution in [0.5, 0.6) is 0 Å². The van der Waals surface area contributed by atoms with Gasteiger partial charge in [0.05, 0.1) is 15.2 Å². The first kappa shape index (κ1) is 27.3. The Morgan fingerprint density at radius 2 is 1.59 bits per heavy atom. The summed E-state index contributed by atoms with van der Waals surface area (Å²) in [5, 5.41) is 12.6. The summed E-state index contributed by atoms with van der Waals surface area (Å²) in [7, 11) is -4.03. The Morgan fingerprint density at radius 1 is 0.974 bits per heavy atom. The number of amides is 1. The van der Waals surface area contributed by atoms with E-state index in [4.69, 9.17) is 11.6 Å². The summed E-state index contributed by atoms with van der Waals surface area (Å²) in [5.74, 6) is -0.271. The molecule has 0 spiro atoms. The average molecular weight is 574 g/mol. The van der Waals surface area contributed by atoms with E-state index in [0.29, 0.717) is 25.0 Å². The van der Waals surface area contributed by atoms with Gasteiger partial charge in [-0.25, -0.2) is 21.6 Å². The van der Waals surface area contributed by atoms with Crippen molar-refractivity contribution in [3.05, 3.63) is 94.3 Å². The van der Waals surface area contributed by atoms with Crippen LogP contribution in [0.3, 0.4) is 0 Å². The van der Waals surface area contributed by atoms with Gasteiger partial charge in [0.2, 0.25) is 0 Å². The SMILES string of the molecule is O=C(Nc1cc(F)c(F)c(F)c1)c1ccc(Cl)c(S(=O)(=O)[C@H]2C3CC[C@H]2C[C@@](O)(C#Cc2ccccc2)C3)c1. The highest BCUT2D eigenvalue weighted by atomic mass is 35.5. The van der Waals surface area contributed by atoms with Gasteiger partial charge in [-0.3, -0.25) is 4.79 Å². The fraction of sp³-hybridized carbons (Fsp3) is 0.276. The van der Waals surface area contributed by atoms with Crippen LogP contribution in [0.25, 0.3) is 0 Å². The molecule has 4 atom stereocenters. The topological polar surface area (TPSA) is 83.5 Å². The first-order chi connectivity index (χ1) is 18.5. The number of sulfone groups is 1. The lowest BCUT2D eigenvalue weighted by Crippen LogP contribution is -2.45. The summed E-state index contributed by atoms with van der Waals surface area (Å²) >= 11 is 6.29. The minimum Gasteiger partial charge on any atom is -0.378 e. The second kappa shape index (κ2) is 10.3. The number of hydrogen-bond donors (Lipinski definition) is 2. The molecule has 39 heavy (non-hydrogen) atoms. The van der Waals surface area contributed by atoms with E-state index < -0.39 is 44.0 Å². The molecule has 0 radical (unpaired) electrons. The van der Waals surface area contributed by atoms with Gasteiger partial charge < -0.3 is 10.4 Å². The number of anilines is 1. The smallest absolute Gasteiger partial charge is 0.255 e. The lowest BCUT2D eigenvalue weighted by molar-refractivity contribution is 0.0340. The Hall–Kier alpha value is -3.32. The molecular weight excluding hydrogens is 551 g/mol. The molecule has 2 aliphatic carbocycles. The third-order valence-corrected chi connectivity index (χ3v) is 10.2. The Labute approximate surface area is 228 Å². The van der Waals surface area contributed by atoms with E-state index in [9.17, 15) is 31.5 Å². The number of fused-ring (bicyclic) bond motifs is 2. The molecule has 2 bridgehead atoms. The van der Waals surface area contributed by atoms with Crippen molar-refractivity contribution in [2.45, 2.75) is 41.4 Å². The second-order valence-corrected chi connectivity index (χ2v) is 12.5. The minimum atomic E-state index is -4.03. The van der Waals surface area contributed by atoms with Crippen molar-refractivity contribution in [1.82, 2.24) is 0 Å². The molecule has 10 heteroatoms. The van der Waals surface area contributed by atoms with Crippen LogP contribution < -0.4 is 5.32 Å². The number of hydrogen-bond acceptors (Lipinski definition) is 4. The predicted octanol–water partition coefficient (Wildman–Crippen LogP) is 5.75. The van der Waals surface area contributed by atoms with Gasteiger partial charge >= 0.3 is 0 Å². The monoisotopic (exact) mass is 573 g/mol. The zero-order valence-electron chi connectivity index (χ0n) is 20.4. The fourth-order valence-electron chi connectivity index (χ4n) is 5.69. The molecule has 2 saturated carbocycles. The van der Waals surface area contributed by atoms with Crippen molar-refractivity contribution in [2.24, 2.45) is 11.8 Å². The number of aliphatic hydroxyl groups is 1. The quantitative estimate of drug-likeness (QED) is 0.307. The molecule has 3 aromatic carbocycles. The number of halogens is 4. The maximum atomic E-state index is 13.8. The third kappa shape index (κ3) is 5.42. The first-order valence-corrected chi connectivity index (χ1v) is 14.2. The number of benzene rings is 3. The summed E-state index contributed by atoms with van der Waals surface area (Å²) in [4.78, 5) is 12.5. The standard InChI is InChI=1S/C29H23ClF3NO4S/c30-22-9-8-18(28(35)34-21-13-23(31)26(33)24(32)14-21)12-25(22)39(37,38)27-19-6-7-20(27)16-29(36,15-19)11-10-17-4-2-1-3-5-17/h1-5,8-9,12-14,19-20,27,36H,6-7,15-16H2,(H,34,35)/t19-,20?,27+,29-/m0/s1. The number of nitrogens with one attached hydrogen (secondary N) is 1. The zero-order chi connectivity index (χ0) is 27.9. The van der Waals surface area contributed by atoms with Crippen molar-refractivity contribution in [3.63, 3.8) is 0 Å². The highest BCUT2D eigenvalue weighted by molar-refractivity contribution is 7.92. The van der Waals surface area contributed by atoms with Crippen molar-refractivity contribution >= 4 is 33.0 Å². The lowest BCUT2D eigenvalue weighted by atomic mass is 9.77. The zero-order valence-corrected chi connectivity index (χ0v) is 22.0. The highest BCUT2D eigenvalue weighted by Crippen LogP contribution is 2.51. The van der Waals surface area contributed by atoms with Crippen LogP contribution in [0.2, 0.25) is 5.02 Å². The minimum absolute atomic E-state index is 0.0745. The molecule has 0 saturated heterocycles. The Bertz CT molecular complexity index is 1580. The molecule has 0 aromatic heterocycles. The van der Waals surface area contributed by atoms with Gasteiger partial charge in [-0.2, -0.15) is 0 Å². The third-order valence-electron chi connectivity index (χ3n) is 7.35. The normalized spacial score (nSPS) is 24.1. The van der Waals surface area contributed by atoms with Crippen LogP contribution in [0.15, 0.2) is 65.6 Å². The average Bonchev–Trinajstić information content (AvgIpc) is 3.20. The molecule has 0 aliphatic heterocycles. The lowest BCUT2D eigenvalue weighted by Gasteiger charge is -2.38. The molecule has 202 valence electrons. The van der Waals surface area contributed by atoms with Gasteiger partial charge in [0.1, 0.15) is 5.60 Å². The molecule has 2 aliphatic rings. The highest BCUT2D eigenvalue weighted by Gasteiger charge is 2.54. The summed E-state index contributed by atoms with van der Waals surface area (Å²) in [6.07, 6.45) is 1.58. The summed E-state index contributed by atoms with van der Waals surface area (Å²) in [5.41, 5.74) is -1.02. The van der Waals surface area contributed by atoms with Gasteiger partial charge in [0, 0.05) is 28.9 Å². The van der Waals surface area contributed by atoms with Crippen LogP contribution in [-0.4, -0.2) is 30.3 Å². The molecule has 0 heterocycles. The van der Waals surface area contributed by atoms with E-state index in [1.54, 1.807) is 0 Å². The van der Waals surface area contributed by atoms with Crippen LogP contribution in [0.4, 0.5) is 18.9 Å². The van der Waals surface area contributed by atoms with Gasteiger partial charge in [0.25, 0.3) is 5.91 Å². The molecule has 1 amide bonds. The van der Waals surface area contributed by atoms with Crippen molar-refractivity contribution in [1.29, 1.82) is 0 Å². The Balaban J connectivity index is 1.39. The van der Waals surface area contributed by atoms with E-state index in [1.165, 1.54) is 12.1 Å². The van der Waals surface area contributed by atoms with Crippen molar-refractivity contribution in [2.75, 3.05) is 5.32 Å². The van der Waals surface area contributed by atoms with Gasteiger partial charge in [0.15, 0.2) is 27.3 Å². The van der Waals surface area contributed by atoms with Crippen LogP contribution in [-0.2, 0) is 9.84 Å². The maximum absolute atomic E-state index is 13.8. The van der Waals surface area contributed by atoms with Gasteiger partial charge in [-0.05, 0) is 67.9 Å². The molecule has 5 rings (SSSR count). The van der Waals surface area contributed by atoms with E-state index in [1.807, 2.05) is 30.3 Å². The van der Waals surface area contributed by atoms with Crippen molar-refractivity contribution in [3.8, 4) is 11.8 Å². The van der Waals surface area contributed by atoms with Gasteiger partial charge in [-0.1, -0.05) is 41.6 Å². The molecule has 2 fully saturated rings. The van der Waals surface area contributed by atoms with E-state index in [0.717, 1.165) is 11.6 Å². The second-order valence-electron chi connectivity index (χ2n) is 10.0. The van der Waals surface area contributed by atoms with Crippen molar-refractivity contribution < 1.29 is 31.5 Å². The number of carbonyl (C=O) groups excluding carboxylic acids is 1. The molecule has 5 nitrogen and oxygen atoms in total. The summed E-state index contributed by atoms with van der Waals surface area (Å²) in [6.45, 7) is 0. The summed E-state index contributed by atoms with van der Waals surface area (Å²) in [6, 6.07) is 14.1. The van der Waals surface area contributed by atoms with Gasteiger partial charge in [-0.15, -0.1) is 0 Å². The van der Waals surface area contributed by atoms with E-state index >= 15 is 0 Å². The molecule has 1 unspecified atom stereocenters. The number of rotatable bonds is 4. The van der Waals surface area contributed by atoms with Crippen LogP contribution in [0, 0.1) is 41.1 Å². The number of carbonyl (C=O) groups is 1. The first-order valence-electron chi connectivity index (χ1n) is 12.3. The Kier molecular flexibility index (Phi) is 7.23. The van der Waals surface area contributed by atoms with Crippen LogP contribution >= 0.6 is 11.6 Å². The summed E-state index contributed by atoms with van der Waals surface area (Å²) < 4.78 is 68.0. The Morgan fingerprint density at radius 3 is 2.21 bits per heavy atom. The molecular formula is C29H23ClF3NO4S. The van der Waals surface area contributed by atoms with E-state index in [-0.39, 0.29) is 45.8 Å². The molecule has 3 aromatic rings. The predicted molar refractivity (Wildman–Crippen MR) is 140 cm³/mol. The van der Waals surface area contributed by atoms with Crippen LogP contribution in [0.1, 0.15) is 41.6 Å². The van der Waals surface area contributed by atoms with E-state index in [2.05, 4.69) is 17.2 Å².